The van der Waals surface area contributed by atoms with E-state index in [1.807, 2.05) is 6.07 Å². The highest BCUT2D eigenvalue weighted by Crippen LogP contribution is 2.65. The molecule has 3 N–H and O–H groups in total. The molecule has 2 saturated carbocycles. The maximum absolute atomic E-state index is 14.2. The summed E-state index contributed by atoms with van der Waals surface area (Å²) in [7, 11) is 1.35. The van der Waals surface area contributed by atoms with Gasteiger partial charge in [0.2, 0.25) is 5.91 Å². The van der Waals surface area contributed by atoms with Gasteiger partial charge < -0.3 is 25.0 Å². The van der Waals surface area contributed by atoms with Gasteiger partial charge in [-0.1, -0.05) is 6.07 Å². The number of hydrogen-bond acceptors (Lipinski definition) is 7. The van der Waals surface area contributed by atoms with Gasteiger partial charge in [-0.05, 0) is 68.3 Å². The molecule has 5 aliphatic rings. The highest BCUT2D eigenvalue weighted by Gasteiger charge is 2.75. The van der Waals surface area contributed by atoms with Gasteiger partial charge in [0.05, 0.1) is 18.1 Å². The summed E-state index contributed by atoms with van der Waals surface area (Å²) in [5.41, 5.74) is -0.517. The summed E-state index contributed by atoms with van der Waals surface area (Å²) in [5, 5.41) is 25.9. The quantitative estimate of drug-likeness (QED) is 0.533. The molecule has 2 heterocycles. The van der Waals surface area contributed by atoms with Gasteiger partial charge >= 0.3 is 0 Å². The van der Waals surface area contributed by atoms with E-state index in [2.05, 4.69) is 10.2 Å². The van der Waals surface area contributed by atoms with E-state index in [9.17, 15) is 24.2 Å². The van der Waals surface area contributed by atoms with E-state index in [0.717, 1.165) is 23.7 Å². The molecule has 1 saturated heterocycles. The van der Waals surface area contributed by atoms with Crippen molar-refractivity contribution in [1.82, 2.24) is 4.90 Å². The molecule has 2 aromatic carbocycles. The van der Waals surface area contributed by atoms with Crippen molar-refractivity contribution in [2.75, 3.05) is 25.5 Å². The SMILES string of the molecule is COc1ccc(NC(=O)C2C[C@@]3(O)[C@H]4Cc5ccc(O)c6c5[C@@]3(CCN4CC3CC3)[C@@H](O6)C2=O)cc1F. The minimum Gasteiger partial charge on any atom is -0.504 e. The second-order valence-electron chi connectivity index (χ2n) is 11.2. The number of amides is 1. The number of rotatable bonds is 5. The molecular weight excluding hydrogens is 479 g/mol. The maximum Gasteiger partial charge on any atom is 0.235 e. The molecule has 7 rings (SSSR count). The van der Waals surface area contributed by atoms with E-state index in [-0.39, 0.29) is 35.4 Å². The smallest absolute Gasteiger partial charge is 0.235 e. The van der Waals surface area contributed by atoms with Crippen molar-refractivity contribution in [2.45, 2.75) is 55.3 Å². The molecule has 2 aromatic rings. The number of ketones is 1. The second-order valence-corrected chi connectivity index (χ2v) is 11.2. The molecule has 5 atom stereocenters. The molecular formula is C28H29FN2O6. The first-order chi connectivity index (χ1) is 17.8. The van der Waals surface area contributed by atoms with Crippen molar-refractivity contribution in [2.24, 2.45) is 11.8 Å². The van der Waals surface area contributed by atoms with Crippen LogP contribution in [0.15, 0.2) is 30.3 Å². The van der Waals surface area contributed by atoms with Gasteiger partial charge in [0, 0.05) is 29.9 Å². The second kappa shape index (κ2) is 7.68. The largest absolute Gasteiger partial charge is 0.504 e. The number of nitrogens with one attached hydrogen (secondary N) is 1. The van der Waals surface area contributed by atoms with Crippen molar-refractivity contribution in [3.63, 3.8) is 0 Å². The van der Waals surface area contributed by atoms with E-state index in [1.165, 1.54) is 32.1 Å². The van der Waals surface area contributed by atoms with Crippen molar-refractivity contribution >= 4 is 17.4 Å². The molecule has 3 fully saturated rings. The number of benzene rings is 2. The number of phenols is 1. The minimum absolute atomic E-state index is 0.0431. The summed E-state index contributed by atoms with van der Waals surface area (Å²) in [4.78, 5) is 29.7. The molecule has 8 nitrogen and oxygen atoms in total. The minimum atomic E-state index is -1.40. The number of likely N-dealkylation sites (tertiary alicyclic amines) is 1. The van der Waals surface area contributed by atoms with Crippen molar-refractivity contribution < 1.29 is 33.7 Å². The highest BCUT2D eigenvalue weighted by atomic mass is 19.1. The van der Waals surface area contributed by atoms with Gasteiger partial charge in [0.15, 0.2) is 35.0 Å². The van der Waals surface area contributed by atoms with E-state index in [0.29, 0.717) is 25.3 Å². The van der Waals surface area contributed by atoms with Gasteiger partial charge in [0.25, 0.3) is 0 Å². The molecule has 0 aromatic heterocycles. The first-order valence-corrected chi connectivity index (χ1v) is 12.9. The van der Waals surface area contributed by atoms with Crippen LogP contribution in [0, 0.1) is 17.7 Å². The van der Waals surface area contributed by atoms with E-state index in [4.69, 9.17) is 9.47 Å². The first kappa shape index (κ1) is 23.0. The zero-order valence-corrected chi connectivity index (χ0v) is 20.5. The summed E-state index contributed by atoms with van der Waals surface area (Å²) in [6.45, 7) is 1.60. The summed E-state index contributed by atoms with van der Waals surface area (Å²) in [6.07, 6.45) is 2.27. The molecule has 1 unspecified atom stereocenters. The Hall–Kier alpha value is -3.17. The van der Waals surface area contributed by atoms with Crippen molar-refractivity contribution in [1.29, 1.82) is 0 Å². The number of anilines is 1. The topological polar surface area (TPSA) is 108 Å². The standard InChI is InChI=1S/C28H29FN2O6/c1-36-20-7-5-16(11-18(20)29)30-26(34)17-12-28(35)21-10-15-4-6-19(32)24-22(15)27(28,25(37-24)23(17)33)8-9-31(21)13-14-2-3-14/h4-7,11,14,17,21,25,32,35H,2-3,8-10,12-13H2,1H3,(H,30,34)/t17?,21-,25+,27+,28-/m1/s1. The Balaban J connectivity index is 1.29. The van der Waals surface area contributed by atoms with E-state index >= 15 is 0 Å². The van der Waals surface area contributed by atoms with Crippen molar-refractivity contribution in [3.05, 3.63) is 47.3 Å². The van der Waals surface area contributed by atoms with Gasteiger partial charge in [-0.2, -0.15) is 0 Å². The van der Waals surface area contributed by atoms with E-state index < -0.39 is 40.5 Å². The predicted octanol–water partition coefficient (Wildman–Crippen LogP) is 2.54. The third-order valence-electron chi connectivity index (χ3n) is 9.37. The van der Waals surface area contributed by atoms with Gasteiger partial charge in [-0.25, -0.2) is 4.39 Å². The third kappa shape index (κ3) is 3.01. The van der Waals surface area contributed by atoms with Crippen molar-refractivity contribution in [3.8, 4) is 17.2 Å². The maximum atomic E-state index is 14.2. The highest BCUT2D eigenvalue weighted by molar-refractivity contribution is 6.10. The van der Waals surface area contributed by atoms with Gasteiger partial charge in [-0.3, -0.25) is 14.5 Å². The van der Waals surface area contributed by atoms with Crippen LogP contribution in [0.1, 0.15) is 36.8 Å². The Kier molecular flexibility index (Phi) is 4.77. The summed E-state index contributed by atoms with van der Waals surface area (Å²) in [5.74, 6) is -2.01. The normalized spacial score (nSPS) is 33.5. The average molecular weight is 509 g/mol. The Labute approximate surface area is 213 Å². The summed E-state index contributed by atoms with van der Waals surface area (Å²) < 4.78 is 25.3. The van der Waals surface area contributed by atoms with Crippen LogP contribution in [0.2, 0.25) is 0 Å². The predicted molar refractivity (Wildman–Crippen MR) is 130 cm³/mol. The number of phenolic OH excluding ortho intramolecular Hbond substituents is 1. The van der Waals surface area contributed by atoms with Crippen LogP contribution >= 0.6 is 0 Å². The van der Waals surface area contributed by atoms with Gasteiger partial charge in [-0.15, -0.1) is 0 Å². The van der Waals surface area contributed by atoms with Crippen LogP contribution in [0.25, 0.3) is 0 Å². The van der Waals surface area contributed by atoms with E-state index in [1.54, 1.807) is 6.07 Å². The molecule has 3 aliphatic carbocycles. The number of aliphatic hydroxyl groups is 1. The number of halogens is 1. The molecule has 1 amide bonds. The number of aromatic hydroxyl groups is 1. The Bertz CT molecular complexity index is 1340. The molecule has 2 aliphatic heterocycles. The number of piperidine rings is 1. The van der Waals surface area contributed by atoms with Crippen LogP contribution in [0.4, 0.5) is 10.1 Å². The first-order valence-electron chi connectivity index (χ1n) is 12.9. The lowest BCUT2D eigenvalue weighted by atomic mass is 9.47. The lowest BCUT2D eigenvalue weighted by molar-refractivity contribution is -0.197. The number of nitrogens with zero attached hydrogens (tertiary/aromatic N) is 1. The lowest BCUT2D eigenvalue weighted by Crippen LogP contribution is -2.78. The molecule has 0 radical (unpaired) electrons. The zero-order valence-electron chi connectivity index (χ0n) is 20.5. The average Bonchev–Trinajstić information content (AvgIpc) is 3.61. The fourth-order valence-corrected chi connectivity index (χ4v) is 7.50. The summed E-state index contributed by atoms with van der Waals surface area (Å²) >= 11 is 0. The van der Waals surface area contributed by atoms with Crippen LogP contribution in [0.5, 0.6) is 17.2 Å². The number of methoxy groups -OCH3 is 1. The summed E-state index contributed by atoms with van der Waals surface area (Å²) in [6, 6.07) is 7.22. The molecule has 1 spiro atoms. The molecule has 9 heteroatoms. The van der Waals surface area contributed by atoms with Crippen LogP contribution in [0.3, 0.4) is 0 Å². The zero-order chi connectivity index (χ0) is 25.7. The molecule has 2 bridgehead atoms. The fraction of sp³-hybridized carbons (Fsp3) is 0.500. The number of hydrogen-bond donors (Lipinski definition) is 3. The van der Waals surface area contributed by atoms with Crippen LogP contribution in [-0.2, 0) is 21.4 Å². The Morgan fingerprint density at radius 1 is 1.30 bits per heavy atom. The van der Waals surface area contributed by atoms with Gasteiger partial charge in [0.1, 0.15) is 5.92 Å². The lowest BCUT2D eigenvalue weighted by Gasteiger charge is -2.63. The number of carbonyl (C=O) groups is 2. The van der Waals surface area contributed by atoms with Crippen LogP contribution < -0.4 is 14.8 Å². The molecule has 37 heavy (non-hydrogen) atoms. The molecule has 194 valence electrons. The number of Topliss-reactive ketones (excluding diaryl/α,β-unsaturated/α-hetero) is 1. The third-order valence-corrected chi connectivity index (χ3v) is 9.37. The monoisotopic (exact) mass is 508 g/mol. The fourth-order valence-electron chi connectivity index (χ4n) is 7.50. The number of carbonyl (C=O) groups excluding carboxylic acids is 2. The number of ether oxygens (including phenoxy) is 2. The Morgan fingerprint density at radius 3 is 2.84 bits per heavy atom. The van der Waals surface area contributed by atoms with Crippen LogP contribution in [-0.4, -0.2) is 64.7 Å². The Morgan fingerprint density at radius 2 is 2.11 bits per heavy atom.